The molecule has 3 aromatic rings. The van der Waals surface area contributed by atoms with Crippen LogP contribution in [0.2, 0.25) is 0 Å². The highest BCUT2D eigenvalue weighted by atomic mass is 16.5. The number of hydrogen-bond donors (Lipinski definition) is 1. The normalized spacial score (nSPS) is 10.8. The Hall–Kier alpha value is -3.15. The highest BCUT2D eigenvalue weighted by Crippen LogP contribution is 2.27. The van der Waals surface area contributed by atoms with E-state index in [1.807, 2.05) is 24.3 Å². The van der Waals surface area contributed by atoms with Crippen molar-refractivity contribution in [3.8, 4) is 11.4 Å². The molecule has 122 valence electrons. The molecular formula is C18H17N3O3. The number of rotatable bonds is 4. The number of ether oxygens (including phenoxy) is 1. The van der Waals surface area contributed by atoms with Gasteiger partial charge in [0.25, 0.3) is 0 Å². The average molecular weight is 323 g/mol. The molecule has 24 heavy (non-hydrogen) atoms. The first-order valence-electron chi connectivity index (χ1n) is 7.43. The zero-order chi connectivity index (χ0) is 17.3. The van der Waals surface area contributed by atoms with Gasteiger partial charge >= 0.3 is 5.97 Å². The van der Waals surface area contributed by atoms with Crippen molar-refractivity contribution in [3.63, 3.8) is 0 Å². The standard InChI is InChI=1S/C18H17N3O3/c1-11(2)18(23)24-10-13-8-12(3)17(22)16(9-13)21-19-14-6-4-5-7-15(14)20-21/h4-9,22H,1,10H2,2-3H3. The molecule has 0 saturated carbocycles. The highest BCUT2D eigenvalue weighted by molar-refractivity contribution is 5.86. The van der Waals surface area contributed by atoms with Crippen LogP contribution in [-0.2, 0) is 16.1 Å². The van der Waals surface area contributed by atoms with E-state index in [0.29, 0.717) is 16.8 Å². The van der Waals surface area contributed by atoms with Gasteiger partial charge in [-0.2, -0.15) is 0 Å². The van der Waals surface area contributed by atoms with E-state index in [2.05, 4.69) is 16.8 Å². The van der Waals surface area contributed by atoms with Crippen molar-refractivity contribution in [3.05, 3.63) is 59.7 Å². The van der Waals surface area contributed by atoms with Crippen molar-refractivity contribution in [2.45, 2.75) is 20.5 Å². The second-order valence-corrected chi connectivity index (χ2v) is 5.62. The number of phenolic OH excluding ortho intramolecular Hbond substituents is 1. The third kappa shape index (κ3) is 2.99. The molecule has 6 nitrogen and oxygen atoms in total. The molecule has 0 bridgehead atoms. The summed E-state index contributed by atoms with van der Waals surface area (Å²) < 4.78 is 5.16. The maximum absolute atomic E-state index is 11.5. The Morgan fingerprint density at radius 2 is 1.88 bits per heavy atom. The number of phenols is 1. The predicted octanol–water partition coefficient (Wildman–Crippen LogP) is 3.05. The van der Waals surface area contributed by atoms with E-state index < -0.39 is 5.97 Å². The SMILES string of the molecule is C=C(C)C(=O)OCc1cc(C)c(O)c(-n2nc3ccccc3n2)c1. The summed E-state index contributed by atoms with van der Waals surface area (Å²) in [6, 6.07) is 10.9. The number of carbonyl (C=O) groups excluding carboxylic acids is 1. The number of carbonyl (C=O) groups is 1. The average Bonchev–Trinajstić information content (AvgIpc) is 2.99. The topological polar surface area (TPSA) is 77.2 Å². The van der Waals surface area contributed by atoms with E-state index in [-0.39, 0.29) is 12.4 Å². The van der Waals surface area contributed by atoms with Crippen LogP contribution >= 0.6 is 0 Å². The van der Waals surface area contributed by atoms with Gasteiger partial charge in [-0.3, -0.25) is 0 Å². The summed E-state index contributed by atoms with van der Waals surface area (Å²) in [5.74, 6) is -0.365. The molecule has 0 spiro atoms. The fourth-order valence-corrected chi connectivity index (χ4v) is 2.31. The van der Waals surface area contributed by atoms with Gasteiger partial charge in [0.2, 0.25) is 0 Å². The number of benzene rings is 2. The second kappa shape index (κ2) is 6.16. The quantitative estimate of drug-likeness (QED) is 0.590. The molecule has 2 aromatic carbocycles. The number of aromatic hydroxyl groups is 1. The molecule has 6 heteroatoms. The second-order valence-electron chi connectivity index (χ2n) is 5.62. The van der Waals surface area contributed by atoms with Crippen molar-refractivity contribution >= 4 is 17.0 Å². The lowest BCUT2D eigenvalue weighted by molar-refractivity contribution is -0.140. The Labute approximate surface area is 139 Å². The monoisotopic (exact) mass is 323 g/mol. The van der Waals surface area contributed by atoms with Gasteiger partial charge in [0.05, 0.1) is 0 Å². The van der Waals surface area contributed by atoms with E-state index in [4.69, 9.17) is 4.74 Å². The van der Waals surface area contributed by atoms with Gasteiger partial charge in [-0.25, -0.2) is 4.79 Å². The van der Waals surface area contributed by atoms with Crippen LogP contribution in [0.4, 0.5) is 0 Å². The molecule has 0 saturated heterocycles. The van der Waals surface area contributed by atoms with E-state index in [0.717, 1.165) is 16.6 Å². The lowest BCUT2D eigenvalue weighted by Gasteiger charge is -2.10. The summed E-state index contributed by atoms with van der Waals surface area (Å²) in [6.45, 7) is 7.00. The van der Waals surface area contributed by atoms with Crippen molar-refractivity contribution in [1.29, 1.82) is 0 Å². The molecule has 0 fully saturated rings. The molecule has 3 rings (SSSR count). The Morgan fingerprint density at radius 3 is 2.46 bits per heavy atom. The minimum Gasteiger partial charge on any atom is -0.505 e. The maximum Gasteiger partial charge on any atom is 0.333 e. The molecule has 0 aliphatic heterocycles. The molecular weight excluding hydrogens is 306 g/mol. The first kappa shape index (κ1) is 15.7. The number of aryl methyl sites for hydroxylation is 1. The lowest BCUT2D eigenvalue weighted by Crippen LogP contribution is -2.06. The number of aromatic nitrogens is 3. The van der Waals surface area contributed by atoms with E-state index in [1.165, 1.54) is 4.80 Å². The molecule has 0 unspecified atom stereocenters. The van der Waals surface area contributed by atoms with Crippen molar-refractivity contribution in [1.82, 2.24) is 15.0 Å². The van der Waals surface area contributed by atoms with Crippen LogP contribution in [0.15, 0.2) is 48.6 Å². The zero-order valence-electron chi connectivity index (χ0n) is 13.5. The summed E-state index contributed by atoms with van der Waals surface area (Å²) in [5.41, 5.74) is 3.62. The van der Waals surface area contributed by atoms with Crippen LogP contribution in [0.25, 0.3) is 16.7 Å². The van der Waals surface area contributed by atoms with Gasteiger partial charge in [-0.15, -0.1) is 15.0 Å². The summed E-state index contributed by atoms with van der Waals surface area (Å²) in [6.07, 6.45) is 0. The third-order valence-electron chi connectivity index (χ3n) is 3.56. The minimum absolute atomic E-state index is 0.0839. The molecule has 0 amide bonds. The van der Waals surface area contributed by atoms with Gasteiger partial charge in [0.1, 0.15) is 29.1 Å². The summed E-state index contributed by atoms with van der Waals surface area (Å²) in [4.78, 5) is 12.9. The summed E-state index contributed by atoms with van der Waals surface area (Å²) in [5, 5.41) is 19.1. The zero-order valence-corrected chi connectivity index (χ0v) is 13.5. The number of nitrogens with zero attached hydrogens (tertiary/aromatic N) is 3. The van der Waals surface area contributed by atoms with Crippen LogP contribution in [0.5, 0.6) is 5.75 Å². The van der Waals surface area contributed by atoms with Gasteiger partial charge in [0.15, 0.2) is 0 Å². The largest absolute Gasteiger partial charge is 0.505 e. The third-order valence-corrected chi connectivity index (χ3v) is 3.56. The fraction of sp³-hybridized carbons (Fsp3) is 0.167. The van der Waals surface area contributed by atoms with Gasteiger partial charge in [-0.1, -0.05) is 18.7 Å². The van der Waals surface area contributed by atoms with E-state index in [9.17, 15) is 9.90 Å². The lowest BCUT2D eigenvalue weighted by atomic mass is 10.1. The Balaban J connectivity index is 1.98. The summed E-state index contributed by atoms with van der Waals surface area (Å²) in [7, 11) is 0. The predicted molar refractivity (Wildman–Crippen MR) is 89.9 cm³/mol. The molecule has 1 heterocycles. The van der Waals surface area contributed by atoms with Gasteiger partial charge in [-0.05, 0) is 49.2 Å². The summed E-state index contributed by atoms with van der Waals surface area (Å²) >= 11 is 0. The van der Waals surface area contributed by atoms with Crippen LogP contribution in [0, 0.1) is 6.92 Å². The fourth-order valence-electron chi connectivity index (χ4n) is 2.31. The van der Waals surface area contributed by atoms with Crippen molar-refractivity contribution in [2.24, 2.45) is 0 Å². The first-order valence-corrected chi connectivity index (χ1v) is 7.43. The Bertz CT molecular complexity index is 911. The minimum atomic E-state index is -0.453. The van der Waals surface area contributed by atoms with Crippen LogP contribution in [0.3, 0.4) is 0 Å². The Morgan fingerprint density at radius 1 is 1.25 bits per heavy atom. The van der Waals surface area contributed by atoms with Crippen molar-refractivity contribution in [2.75, 3.05) is 0 Å². The molecule has 0 atom stereocenters. The molecule has 0 radical (unpaired) electrons. The molecule has 1 aromatic heterocycles. The number of esters is 1. The maximum atomic E-state index is 11.5. The van der Waals surface area contributed by atoms with Gasteiger partial charge in [0, 0.05) is 5.57 Å². The van der Waals surface area contributed by atoms with Gasteiger partial charge < -0.3 is 9.84 Å². The van der Waals surface area contributed by atoms with Crippen LogP contribution < -0.4 is 0 Å². The van der Waals surface area contributed by atoms with E-state index >= 15 is 0 Å². The first-order chi connectivity index (χ1) is 11.5. The molecule has 0 aliphatic rings. The number of fused-ring (bicyclic) bond motifs is 1. The van der Waals surface area contributed by atoms with E-state index in [1.54, 1.807) is 26.0 Å². The van der Waals surface area contributed by atoms with Crippen molar-refractivity contribution < 1.29 is 14.6 Å². The smallest absolute Gasteiger partial charge is 0.333 e. The highest BCUT2D eigenvalue weighted by Gasteiger charge is 2.13. The molecule has 0 aliphatic carbocycles. The van der Waals surface area contributed by atoms with Crippen LogP contribution in [0.1, 0.15) is 18.1 Å². The Kier molecular flexibility index (Phi) is 4.04. The molecule has 1 N–H and O–H groups in total. The number of hydrogen-bond acceptors (Lipinski definition) is 5. The van der Waals surface area contributed by atoms with Crippen LogP contribution in [-0.4, -0.2) is 26.1 Å².